The molecule has 0 aliphatic rings. The van der Waals surface area contributed by atoms with Gasteiger partial charge in [-0.3, -0.25) is 0 Å². The minimum absolute atomic E-state index is 0. The van der Waals surface area contributed by atoms with Crippen molar-refractivity contribution in [2.75, 3.05) is 0 Å². The van der Waals surface area contributed by atoms with Gasteiger partial charge < -0.3 is 14.7 Å². The van der Waals surface area contributed by atoms with Crippen molar-refractivity contribution in [2.45, 2.75) is 0 Å². The second kappa shape index (κ2) is 11.9. The van der Waals surface area contributed by atoms with Crippen LogP contribution in [0.2, 0.25) is 0 Å². The largest absolute Gasteiger partial charge is 1.00 e. The minimum Gasteiger partial charge on any atom is -0.701 e. The van der Waals surface area contributed by atoms with Crippen LogP contribution < -0.4 is 103 Å². The van der Waals surface area contributed by atoms with Crippen LogP contribution in [0.25, 0.3) is 0 Å². The summed E-state index contributed by atoms with van der Waals surface area (Å²) in [6.07, 6.45) is 0. The third-order valence-electron chi connectivity index (χ3n) is 0.216. The Bertz CT molecular complexity index is 101. The summed E-state index contributed by atoms with van der Waals surface area (Å²) >= 11 is 0. The maximum Gasteiger partial charge on any atom is 1.00 e. The van der Waals surface area contributed by atoms with Crippen LogP contribution in [0, 0.1) is 11.2 Å². The van der Waals surface area contributed by atoms with E-state index in [-0.39, 0.29) is 95.7 Å². The molecule has 0 aliphatic carbocycles. The van der Waals surface area contributed by atoms with E-state index in [1.54, 1.807) is 0 Å². The Morgan fingerprint density at radius 3 is 1.40 bits per heavy atom. The van der Waals surface area contributed by atoms with Crippen LogP contribution in [-0.2, 0) is 0 Å². The molecule has 0 heterocycles. The number of hydrogen-bond acceptors (Lipinski definition) is 4. The maximum atomic E-state index is 9.43. The van der Waals surface area contributed by atoms with Crippen LogP contribution in [0.5, 0.6) is 0 Å². The Hall–Kier alpha value is 2.86. The normalized spacial score (nSPS) is 7.00. The molecule has 0 aliphatic heterocycles. The molecule has 0 atom stereocenters. The monoisotopic (exact) mass is 185 g/mol. The summed E-state index contributed by atoms with van der Waals surface area (Å²) in [5, 5.41) is 7.52. The van der Waals surface area contributed by atoms with Crippen LogP contribution in [0.15, 0.2) is 0 Å². The molecule has 4 nitrogen and oxygen atoms in total. The van der Waals surface area contributed by atoms with Crippen molar-refractivity contribution in [3.8, 4) is 5.97 Å². The van der Waals surface area contributed by atoms with E-state index in [9.17, 15) is 14.7 Å². The predicted octanol–water partition coefficient (Wildman–Crippen LogP) is -12.1. The van der Waals surface area contributed by atoms with E-state index in [1.807, 2.05) is 0 Å². The number of nitriles is 1. The molecule has 0 unspecified atom stereocenters. The maximum absolute atomic E-state index is 9.43. The fourth-order valence-corrected chi connectivity index (χ4v) is 0.212. The molecule has 0 saturated carbocycles. The third-order valence-corrected chi connectivity index (χ3v) is 0.648. The first kappa shape index (κ1) is 23.0. The fraction of sp³-hybridized carbons (Fsp3) is 0. The molecule has 0 aromatic carbocycles. The fourth-order valence-electron chi connectivity index (χ4n) is 0.0707. The van der Waals surface area contributed by atoms with Crippen molar-refractivity contribution in [1.29, 1.82) is 5.26 Å². The molecular formula is CBNNa3O3P+. The molecule has 0 fully saturated rings. The molecule has 0 rings (SSSR count). The van der Waals surface area contributed by atoms with E-state index in [0.29, 0.717) is 0 Å². The molecule has 9 heteroatoms. The molecule has 0 bridgehead atoms. The quantitative estimate of drug-likeness (QED) is 0.299. The molecule has 0 spiro atoms. The first-order chi connectivity index (χ1) is 3.06. The first-order valence-electron chi connectivity index (χ1n) is 1.32. The number of hydrogen-bond donors (Lipinski definition) is 0. The smallest absolute Gasteiger partial charge is 0.701 e. The van der Waals surface area contributed by atoms with Crippen molar-refractivity contribution in [1.82, 2.24) is 0 Å². The van der Waals surface area contributed by atoms with Gasteiger partial charge in [-0.2, -0.15) is 0 Å². The standard InChI is InChI=1S/CH2BNO3P.3Na/c3-1-2-7(4,5)6;;;/h(H2,4,5,6);;;/q;3*+1/p-2. The van der Waals surface area contributed by atoms with Crippen LogP contribution in [0.4, 0.5) is 0 Å². The van der Waals surface area contributed by atoms with Crippen molar-refractivity contribution in [3.05, 3.63) is 0 Å². The third kappa shape index (κ3) is 22.4. The SMILES string of the molecule is N#C[B][P+]([O-])([O-])[O-].[Na+].[Na+].[Na+]. The van der Waals surface area contributed by atoms with Gasteiger partial charge in [-0.15, -0.1) is 0 Å². The van der Waals surface area contributed by atoms with Crippen LogP contribution >= 0.6 is 7.82 Å². The Balaban J connectivity index is -0.0000000600. The van der Waals surface area contributed by atoms with Gasteiger partial charge in [-0.25, -0.2) is 13.1 Å². The molecule has 0 N–H and O–H groups in total. The summed E-state index contributed by atoms with van der Waals surface area (Å²) in [7, 11) is -4.65. The van der Waals surface area contributed by atoms with Crippen molar-refractivity contribution in [2.24, 2.45) is 0 Å². The van der Waals surface area contributed by atoms with Gasteiger partial charge in [0.15, 0.2) is 0 Å². The summed E-state index contributed by atoms with van der Waals surface area (Å²) in [6, 6.07) is 0. The molecular weight excluding hydrogens is 185 g/mol. The van der Waals surface area contributed by atoms with Gasteiger partial charge in [-0.1, -0.05) is 0 Å². The Kier molecular flexibility index (Phi) is 27.3. The minimum atomic E-state index is -4.65. The van der Waals surface area contributed by atoms with Crippen molar-refractivity contribution < 1.29 is 103 Å². The summed E-state index contributed by atoms with van der Waals surface area (Å²) in [5.41, 5.74) is 0. The van der Waals surface area contributed by atoms with E-state index in [2.05, 4.69) is 0 Å². The van der Waals surface area contributed by atoms with E-state index < -0.39 is 7.82 Å². The first-order valence-corrected chi connectivity index (χ1v) is 2.93. The van der Waals surface area contributed by atoms with Crippen LogP contribution in [-0.4, -0.2) is 7.00 Å². The topological polar surface area (TPSA) is 93.0 Å². The van der Waals surface area contributed by atoms with Crippen molar-refractivity contribution in [3.63, 3.8) is 0 Å². The van der Waals surface area contributed by atoms with E-state index in [4.69, 9.17) is 5.26 Å². The van der Waals surface area contributed by atoms with Gasteiger partial charge in [-0.05, 0) is 0 Å². The summed E-state index contributed by atoms with van der Waals surface area (Å²) in [5.74, 6) is 1.09. The van der Waals surface area contributed by atoms with E-state index in [0.717, 1.165) is 5.97 Å². The molecule has 37 valence electrons. The van der Waals surface area contributed by atoms with Crippen molar-refractivity contribution >= 4 is 14.8 Å². The van der Waals surface area contributed by atoms with Gasteiger partial charge in [0.05, 0.1) is 5.97 Å². The molecule has 0 aromatic heterocycles. The zero-order valence-corrected chi connectivity index (χ0v) is 13.1. The van der Waals surface area contributed by atoms with Gasteiger partial charge >= 0.3 is 95.7 Å². The van der Waals surface area contributed by atoms with Gasteiger partial charge in [0.25, 0.3) is 0 Å². The summed E-state index contributed by atoms with van der Waals surface area (Å²) < 4.78 is 0. The Labute approximate surface area is 127 Å². The van der Waals surface area contributed by atoms with E-state index >= 15 is 0 Å². The van der Waals surface area contributed by atoms with E-state index in [1.165, 1.54) is 0 Å². The predicted molar refractivity (Wildman–Crippen MR) is 18.3 cm³/mol. The number of rotatable bonds is 1. The van der Waals surface area contributed by atoms with Gasteiger partial charge in [0, 0.05) is 0 Å². The summed E-state index contributed by atoms with van der Waals surface area (Å²) in [4.78, 5) is 28.3. The second-order valence-electron chi connectivity index (χ2n) is 0.798. The second-order valence-corrected chi connectivity index (χ2v) is 2.14. The van der Waals surface area contributed by atoms with Gasteiger partial charge in [0.1, 0.15) is 0 Å². The molecule has 0 amide bonds. The Morgan fingerprint density at radius 1 is 1.10 bits per heavy atom. The zero-order valence-electron chi connectivity index (χ0n) is 6.20. The van der Waals surface area contributed by atoms with Crippen LogP contribution in [0.3, 0.4) is 0 Å². The summed E-state index contributed by atoms with van der Waals surface area (Å²) in [6.45, 7) is 0.0625. The molecule has 0 aromatic rings. The molecule has 1 radical (unpaired) electrons. The average molecular weight is 185 g/mol. The van der Waals surface area contributed by atoms with Crippen LogP contribution in [0.1, 0.15) is 0 Å². The number of nitrogens with zero attached hydrogens (tertiary/aromatic N) is 1. The molecule has 0 saturated heterocycles. The zero-order chi connectivity index (χ0) is 5.91. The average Bonchev–Trinajstić information content (AvgIpc) is 1.30. The Morgan fingerprint density at radius 2 is 1.40 bits per heavy atom. The molecule has 10 heavy (non-hydrogen) atoms. The van der Waals surface area contributed by atoms with Gasteiger partial charge in [0.2, 0.25) is 0 Å².